The predicted octanol–water partition coefficient (Wildman–Crippen LogP) is 2.96. The van der Waals surface area contributed by atoms with E-state index >= 15 is 0 Å². The van der Waals surface area contributed by atoms with Crippen LogP contribution in [0.25, 0.3) is 0 Å². The Morgan fingerprint density at radius 2 is 1.85 bits per heavy atom. The maximum absolute atomic E-state index is 10.5. The Balaban J connectivity index is 1.52. The Morgan fingerprint density at radius 3 is 2.48 bits per heavy atom. The number of aromatic nitrogens is 2. The molecule has 0 spiro atoms. The van der Waals surface area contributed by atoms with Crippen molar-refractivity contribution in [3.8, 4) is 11.5 Å². The first-order chi connectivity index (χ1) is 13.0. The number of benzene rings is 1. The molecule has 7 heteroatoms. The van der Waals surface area contributed by atoms with E-state index in [2.05, 4.69) is 28.9 Å². The van der Waals surface area contributed by atoms with Crippen LogP contribution in [0.5, 0.6) is 11.5 Å². The number of aryl methyl sites for hydroxylation is 1. The number of aliphatic hydroxyl groups is 1. The standard InChI is InChI=1S/C20H29N3O4/c1-14-7-6-8-15(2)23(14)11-17(24)12-25-18-9-4-5-10-19(18)26-13-20-21-16(3)22-27-20/h4-5,9-10,14-15,17,24H,6-8,11-13H2,1-3H3/t14-,15+,17-/m0/s1. The predicted molar refractivity (Wildman–Crippen MR) is 101 cm³/mol. The highest BCUT2D eigenvalue weighted by Crippen LogP contribution is 2.28. The summed E-state index contributed by atoms with van der Waals surface area (Å²) in [5.41, 5.74) is 0. The highest BCUT2D eigenvalue weighted by atomic mass is 16.5. The van der Waals surface area contributed by atoms with Gasteiger partial charge in [-0.1, -0.05) is 23.7 Å². The van der Waals surface area contributed by atoms with E-state index in [-0.39, 0.29) is 13.2 Å². The molecule has 2 heterocycles. The maximum atomic E-state index is 10.5. The Labute approximate surface area is 160 Å². The zero-order chi connectivity index (χ0) is 19.2. The molecule has 2 aromatic rings. The molecule has 1 aromatic heterocycles. The summed E-state index contributed by atoms with van der Waals surface area (Å²) < 4.78 is 16.6. The Bertz CT molecular complexity index is 711. The highest BCUT2D eigenvalue weighted by molar-refractivity contribution is 5.39. The van der Waals surface area contributed by atoms with Crippen molar-refractivity contribution >= 4 is 0 Å². The number of likely N-dealkylation sites (tertiary alicyclic amines) is 1. The smallest absolute Gasteiger partial charge is 0.264 e. The summed E-state index contributed by atoms with van der Waals surface area (Å²) in [5, 5.41) is 14.2. The zero-order valence-corrected chi connectivity index (χ0v) is 16.3. The fourth-order valence-corrected chi connectivity index (χ4v) is 3.54. The van der Waals surface area contributed by atoms with Gasteiger partial charge in [0.15, 0.2) is 23.9 Å². The molecule has 3 atom stereocenters. The molecular weight excluding hydrogens is 346 g/mol. The molecule has 0 amide bonds. The quantitative estimate of drug-likeness (QED) is 0.760. The average Bonchev–Trinajstić information content (AvgIpc) is 3.07. The first-order valence-electron chi connectivity index (χ1n) is 9.60. The highest BCUT2D eigenvalue weighted by Gasteiger charge is 2.26. The van der Waals surface area contributed by atoms with Gasteiger partial charge in [0, 0.05) is 18.6 Å². The lowest BCUT2D eigenvalue weighted by molar-refractivity contribution is 0.0202. The van der Waals surface area contributed by atoms with Crippen LogP contribution >= 0.6 is 0 Å². The molecule has 0 unspecified atom stereocenters. The van der Waals surface area contributed by atoms with Gasteiger partial charge in [0.05, 0.1) is 0 Å². The van der Waals surface area contributed by atoms with Crippen molar-refractivity contribution in [1.82, 2.24) is 15.0 Å². The van der Waals surface area contributed by atoms with Crippen LogP contribution in [0, 0.1) is 6.92 Å². The molecular formula is C20H29N3O4. The van der Waals surface area contributed by atoms with Gasteiger partial charge < -0.3 is 19.1 Å². The molecule has 1 N–H and O–H groups in total. The summed E-state index contributed by atoms with van der Waals surface area (Å²) in [7, 11) is 0. The van der Waals surface area contributed by atoms with Crippen molar-refractivity contribution in [1.29, 1.82) is 0 Å². The van der Waals surface area contributed by atoms with E-state index in [0.29, 0.717) is 41.8 Å². The van der Waals surface area contributed by atoms with Gasteiger partial charge in [-0.05, 0) is 45.7 Å². The molecule has 0 aliphatic carbocycles. The monoisotopic (exact) mass is 375 g/mol. The third-order valence-electron chi connectivity index (χ3n) is 5.00. The summed E-state index contributed by atoms with van der Waals surface area (Å²) in [6.07, 6.45) is 3.07. The van der Waals surface area contributed by atoms with Gasteiger partial charge in [0.2, 0.25) is 0 Å². The zero-order valence-electron chi connectivity index (χ0n) is 16.3. The second-order valence-corrected chi connectivity index (χ2v) is 7.26. The molecule has 7 nitrogen and oxygen atoms in total. The van der Waals surface area contributed by atoms with E-state index in [1.807, 2.05) is 24.3 Å². The van der Waals surface area contributed by atoms with Gasteiger partial charge in [0.1, 0.15) is 12.7 Å². The van der Waals surface area contributed by atoms with Crippen LogP contribution in [0.1, 0.15) is 44.8 Å². The van der Waals surface area contributed by atoms with Crippen LogP contribution in [-0.4, -0.2) is 51.5 Å². The van der Waals surface area contributed by atoms with Crippen LogP contribution in [0.4, 0.5) is 0 Å². The van der Waals surface area contributed by atoms with Gasteiger partial charge in [-0.15, -0.1) is 0 Å². The second-order valence-electron chi connectivity index (χ2n) is 7.26. The SMILES string of the molecule is Cc1noc(COc2ccccc2OC[C@@H](O)CN2[C@H](C)CCC[C@@H]2C)n1. The molecule has 27 heavy (non-hydrogen) atoms. The van der Waals surface area contributed by atoms with Crippen molar-refractivity contribution in [2.45, 2.75) is 64.8 Å². The van der Waals surface area contributed by atoms with Crippen molar-refractivity contribution in [3.63, 3.8) is 0 Å². The summed E-state index contributed by atoms with van der Waals surface area (Å²) in [6, 6.07) is 8.39. The van der Waals surface area contributed by atoms with E-state index in [0.717, 1.165) is 0 Å². The van der Waals surface area contributed by atoms with Crippen LogP contribution in [-0.2, 0) is 6.61 Å². The molecule has 3 rings (SSSR count). The van der Waals surface area contributed by atoms with E-state index < -0.39 is 6.10 Å². The molecule has 1 saturated heterocycles. The molecule has 1 aliphatic rings. The van der Waals surface area contributed by atoms with Crippen molar-refractivity contribution < 1.29 is 19.1 Å². The number of nitrogens with zero attached hydrogens (tertiary/aromatic N) is 3. The lowest BCUT2D eigenvalue weighted by Gasteiger charge is -2.40. The van der Waals surface area contributed by atoms with Crippen LogP contribution in [0.3, 0.4) is 0 Å². The topological polar surface area (TPSA) is 80.9 Å². The first kappa shape index (κ1) is 19.6. The average molecular weight is 375 g/mol. The van der Waals surface area contributed by atoms with E-state index in [4.69, 9.17) is 14.0 Å². The van der Waals surface area contributed by atoms with Crippen molar-refractivity contribution in [2.24, 2.45) is 0 Å². The number of aliphatic hydroxyl groups excluding tert-OH is 1. The van der Waals surface area contributed by atoms with Gasteiger partial charge in [-0.2, -0.15) is 4.98 Å². The summed E-state index contributed by atoms with van der Waals surface area (Å²) in [4.78, 5) is 6.49. The number of ether oxygens (including phenoxy) is 2. The summed E-state index contributed by atoms with van der Waals surface area (Å²) >= 11 is 0. The lowest BCUT2D eigenvalue weighted by atomic mass is 9.97. The normalized spacial score (nSPS) is 21.8. The number of hydrogen-bond donors (Lipinski definition) is 1. The fraction of sp³-hybridized carbons (Fsp3) is 0.600. The summed E-state index contributed by atoms with van der Waals surface area (Å²) in [5.74, 6) is 2.16. The van der Waals surface area contributed by atoms with Crippen molar-refractivity contribution in [2.75, 3.05) is 13.2 Å². The van der Waals surface area contributed by atoms with Crippen LogP contribution in [0.2, 0.25) is 0 Å². The van der Waals surface area contributed by atoms with Crippen LogP contribution in [0.15, 0.2) is 28.8 Å². The number of hydrogen-bond acceptors (Lipinski definition) is 7. The minimum Gasteiger partial charge on any atom is -0.487 e. The van der Waals surface area contributed by atoms with E-state index in [9.17, 15) is 5.11 Å². The number of β-amino-alcohol motifs (C(OH)–C–C–N with tert-alkyl or cyclic N) is 1. The molecule has 1 aliphatic heterocycles. The van der Waals surface area contributed by atoms with Gasteiger partial charge in [-0.3, -0.25) is 4.90 Å². The van der Waals surface area contributed by atoms with Gasteiger partial charge in [0.25, 0.3) is 5.89 Å². The largest absolute Gasteiger partial charge is 0.487 e. The molecule has 0 bridgehead atoms. The number of piperidine rings is 1. The Morgan fingerprint density at radius 1 is 1.19 bits per heavy atom. The van der Waals surface area contributed by atoms with Crippen LogP contribution < -0.4 is 9.47 Å². The number of para-hydroxylation sites is 2. The van der Waals surface area contributed by atoms with E-state index in [1.165, 1.54) is 19.3 Å². The molecule has 1 fully saturated rings. The van der Waals surface area contributed by atoms with Gasteiger partial charge >= 0.3 is 0 Å². The minimum absolute atomic E-state index is 0.173. The lowest BCUT2D eigenvalue weighted by Crippen LogP contribution is -2.48. The van der Waals surface area contributed by atoms with Crippen molar-refractivity contribution in [3.05, 3.63) is 36.0 Å². The minimum atomic E-state index is -0.556. The molecule has 0 saturated carbocycles. The van der Waals surface area contributed by atoms with E-state index in [1.54, 1.807) is 6.92 Å². The third-order valence-corrected chi connectivity index (χ3v) is 5.00. The first-order valence-corrected chi connectivity index (χ1v) is 9.60. The molecule has 0 radical (unpaired) electrons. The molecule has 148 valence electrons. The summed E-state index contributed by atoms with van der Waals surface area (Å²) in [6.45, 7) is 7.22. The Kier molecular flexibility index (Phi) is 6.68. The molecule has 1 aromatic carbocycles. The van der Waals surface area contributed by atoms with Gasteiger partial charge in [-0.25, -0.2) is 0 Å². The maximum Gasteiger partial charge on any atom is 0.264 e. The second kappa shape index (κ2) is 9.19. The number of rotatable bonds is 8. The Hall–Kier alpha value is -2.12. The third kappa shape index (κ3) is 5.43. The fourth-order valence-electron chi connectivity index (χ4n) is 3.54.